The summed E-state index contributed by atoms with van der Waals surface area (Å²) in [5, 5.41) is 0. The molecule has 2 aromatic carbocycles. The van der Waals surface area contributed by atoms with E-state index in [1.54, 1.807) is 11.8 Å². The van der Waals surface area contributed by atoms with Crippen LogP contribution in [-0.4, -0.2) is 6.26 Å². The van der Waals surface area contributed by atoms with E-state index in [0.29, 0.717) is 0 Å². The second kappa shape index (κ2) is 7.74. The van der Waals surface area contributed by atoms with E-state index >= 15 is 0 Å². The van der Waals surface area contributed by atoms with Crippen LogP contribution in [0.25, 0.3) is 21.6 Å². The lowest BCUT2D eigenvalue weighted by atomic mass is 10.1. The highest BCUT2D eigenvalue weighted by atomic mass is 79.9. The molecule has 0 N–H and O–H groups in total. The smallest absolute Gasteiger partial charge is 0.265 e. The minimum absolute atomic E-state index is 0. The quantitative estimate of drug-likeness (QED) is 0.501. The van der Waals surface area contributed by atoms with Crippen molar-refractivity contribution in [2.75, 3.05) is 6.26 Å². The fourth-order valence-corrected chi connectivity index (χ4v) is 3.81. The van der Waals surface area contributed by atoms with Crippen LogP contribution in [0.1, 0.15) is 0 Å². The number of halogens is 1. The molecule has 3 aromatic rings. The van der Waals surface area contributed by atoms with E-state index in [1.807, 2.05) is 11.3 Å². The van der Waals surface area contributed by atoms with Crippen molar-refractivity contribution in [2.45, 2.75) is 4.21 Å². The molecule has 0 spiro atoms. The molecule has 0 saturated heterocycles. The fraction of sp³-hybridized carbons (Fsp3) is 0.0556. The minimum Gasteiger partial charge on any atom is -1.00 e. The first-order valence-corrected chi connectivity index (χ1v) is 8.54. The van der Waals surface area contributed by atoms with Crippen LogP contribution < -0.4 is 17.0 Å². The molecule has 21 heavy (non-hydrogen) atoms. The van der Waals surface area contributed by atoms with Gasteiger partial charge in [0.1, 0.15) is 0 Å². The van der Waals surface area contributed by atoms with Crippen molar-refractivity contribution in [3.8, 4) is 21.6 Å². The van der Waals surface area contributed by atoms with Crippen molar-refractivity contribution in [3.05, 3.63) is 72.8 Å². The summed E-state index contributed by atoms with van der Waals surface area (Å²) in [5.74, 6) is 0. The van der Waals surface area contributed by atoms with Crippen LogP contribution in [0.3, 0.4) is 0 Å². The van der Waals surface area contributed by atoms with Crippen LogP contribution in [0.2, 0.25) is 0 Å². The van der Waals surface area contributed by atoms with E-state index in [4.69, 9.17) is 0 Å². The third kappa shape index (κ3) is 3.94. The minimum atomic E-state index is 0. The predicted octanol–water partition coefficient (Wildman–Crippen LogP) is 3.09. The number of thioether (sulfide) groups is 1. The molecule has 0 nitrogen and oxygen atoms in total. The van der Waals surface area contributed by atoms with E-state index in [0.717, 1.165) is 0 Å². The first-order chi connectivity index (χ1) is 9.86. The van der Waals surface area contributed by atoms with Gasteiger partial charge in [0.25, 0.3) is 4.21 Å². The molecule has 0 radical (unpaired) electrons. The molecule has 0 atom stereocenters. The molecule has 0 unspecified atom stereocenters. The molecule has 1 aromatic heterocycles. The van der Waals surface area contributed by atoms with Gasteiger partial charge < -0.3 is 17.0 Å². The van der Waals surface area contributed by atoms with Crippen molar-refractivity contribution in [1.82, 2.24) is 0 Å². The number of rotatable bonds is 3. The Kier molecular flexibility index (Phi) is 5.97. The zero-order valence-corrected chi connectivity index (χ0v) is 14.8. The SMILES string of the molecule is CSc1cc(-c2ccccc2)cc(-c2ccccc2)[s+]1.[Br-]. The first kappa shape index (κ1) is 16.2. The summed E-state index contributed by atoms with van der Waals surface area (Å²) in [6.45, 7) is 0. The first-order valence-electron chi connectivity index (χ1n) is 6.50. The van der Waals surface area contributed by atoms with Gasteiger partial charge in [0.2, 0.25) is 16.2 Å². The average molecular weight is 375 g/mol. The summed E-state index contributed by atoms with van der Waals surface area (Å²) in [7, 11) is 0. The maximum absolute atomic E-state index is 2.29. The highest BCUT2D eigenvalue weighted by Crippen LogP contribution is 2.35. The van der Waals surface area contributed by atoms with E-state index in [-0.39, 0.29) is 17.0 Å². The Morgan fingerprint density at radius 1 is 0.714 bits per heavy atom. The van der Waals surface area contributed by atoms with E-state index in [1.165, 1.54) is 25.8 Å². The maximum atomic E-state index is 2.29. The Bertz CT molecular complexity index is 639. The third-order valence-electron chi connectivity index (χ3n) is 3.14. The summed E-state index contributed by atoms with van der Waals surface area (Å²) in [6, 6.07) is 25.7. The second-order valence-electron chi connectivity index (χ2n) is 4.47. The van der Waals surface area contributed by atoms with Crippen molar-refractivity contribution in [3.63, 3.8) is 0 Å². The van der Waals surface area contributed by atoms with Crippen molar-refractivity contribution in [2.24, 2.45) is 0 Å². The molecule has 3 rings (SSSR count). The molecule has 0 bridgehead atoms. The predicted molar refractivity (Wildman–Crippen MR) is 91.4 cm³/mol. The summed E-state index contributed by atoms with van der Waals surface area (Å²) in [4.78, 5) is 1.32. The van der Waals surface area contributed by atoms with Gasteiger partial charge in [-0.2, -0.15) is 0 Å². The number of hydrogen-bond acceptors (Lipinski definition) is 1. The normalized spacial score (nSPS) is 9.95. The van der Waals surface area contributed by atoms with E-state index < -0.39 is 0 Å². The molecule has 0 fully saturated rings. The van der Waals surface area contributed by atoms with E-state index in [9.17, 15) is 0 Å². The largest absolute Gasteiger partial charge is 1.00 e. The maximum Gasteiger partial charge on any atom is 0.265 e. The topological polar surface area (TPSA) is 0 Å². The lowest BCUT2D eigenvalue weighted by Gasteiger charge is -2.01. The zero-order valence-electron chi connectivity index (χ0n) is 11.6. The van der Waals surface area contributed by atoms with Gasteiger partial charge in [-0.25, -0.2) is 0 Å². The molecule has 1 heterocycles. The zero-order chi connectivity index (χ0) is 13.8. The van der Waals surface area contributed by atoms with Gasteiger partial charge in [0.15, 0.2) is 0 Å². The fourth-order valence-electron chi connectivity index (χ4n) is 2.12. The van der Waals surface area contributed by atoms with Crippen LogP contribution >= 0.6 is 23.1 Å². The Balaban J connectivity index is 0.00000161. The van der Waals surface area contributed by atoms with Crippen LogP contribution in [0.4, 0.5) is 0 Å². The lowest BCUT2D eigenvalue weighted by Crippen LogP contribution is -3.00. The molecule has 0 saturated carbocycles. The number of hydrogen-bond donors (Lipinski definition) is 0. The Labute approximate surface area is 144 Å². The molecule has 0 aliphatic rings. The molecular weight excluding hydrogens is 360 g/mol. The standard InChI is InChI=1S/C18H15S2.BrH/c1-19-18-13-16(14-8-4-2-5-9-14)12-17(20-18)15-10-6-3-7-11-15;/h2-13H,1H3;1H/q+1;/p-1. The van der Waals surface area contributed by atoms with Gasteiger partial charge in [-0.05, 0) is 29.5 Å². The molecule has 0 amide bonds. The van der Waals surface area contributed by atoms with Crippen LogP contribution in [0.5, 0.6) is 0 Å². The van der Waals surface area contributed by atoms with Gasteiger partial charge in [-0.15, -0.1) is 0 Å². The molecule has 3 heteroatoms. The van der Waals surface area contributed by atoms with Gasteiger partial charge in [-0.1, -0.05) is 60.3 Å². The average Bonchev–Trinajstić information content (AvgIpc) is 2.56. The summed E-state index contributed by atoms with van der Waals surface area (Å²) in [5.41, 5.74) is 3.84. The highest BCUT2D eigenvalue weighted by molar-refractivity contribution is 8.00. The molecular formula is C18H15BrS2. The Morgan fingerprint density at radius 2 is 1.29 bits per heavy atom. The van der Waals surface area contributed by atoms with Gasteiger partial charge in [0, 0.05) is 17.7 Å². The van der Waals surface area contributed by atoms with Crippen LogP contribution in [-0.2, 0) is 0 Å². The van der Waals surface area contributed by atoms with Crippen LogP contribution in [0, 0.1) is 0 Å². The van der Waals surface area contributed by atoms with Gasteiger partial charge in [-0.3, -0.25) is 0 Å². The molecule has 0 aliphatic heterocycles. The van der Waals surface area contributed by atoms with Crippen LogP contribution in [0.15, 0.2) is 77.0 Å². The summed E-state index contributed by atoms with van der Waals surface area (Å²) >= 11 is 3.65. The van der Waals surface area contributed by atoms with Gasteiger partial charge in [0.05, 0.1) is 0 Å². The summed E-state index contributed by atoms with van der Waals surface area (Å²) < 4.78 is 1.34. The molecule has 106 valence electrons. The third-order valence-corrected chi connectivity index (χ3v) is 5.30. The Hall–Kier alpha value is -1.16. The lowest BCUT2D eigenvalue weighted by molar-refractivity contribution is -0.00000379. The molecule has 0 aliphatic carbocycles. The second-order valence-corrected chi connectivity index (χ2v) is 6.66. The number of benzene rings is 2. The van der Waals surface area contributed by atoms with Crippen molar-refractivity contribution in [1.29, 1.82) is 0 Å². The van der Waals surface area contributed by atoms with Crippen molar-refractivity contribution < 1.29 is 17.0 Å². The Morgan fingerprint density at radius 3 is 1.86 bits per heavy atom. The monoisotopic (exact) mass is 374 g/mol. The van der Waals surface area contributed by atoms with Crippen molar-refractivity contribution >= 4 is 23.1 Å². The van der Waals surface area contributed by atoms with E-state index in [2.05, 4.69) is 79.1 Å². The highest BCUT2D eigenvalue weighted by Gasteiger charge is 2.16. The summed E-state index contributed by atoms with van der Waals surface area (Å²) in [6.07, 6.45) is 2.13. The van der Waals surface area contributed by atoms with Gasteiger partial charge >= 0.3 is 0 Å².